The summed E-state index contributed by atoms with van der Waals surface area (Å²) in [7, 11) is 0. The average molecular weight is 320 g/mol. The predicted molar refractivity (Wildman–Crippen MR) is 89.7 cm³/mol. The Kier molecular flexibility index (Phi) is 7.02. The van der Waals surface area contributed by atoms with Gasteiger partial charge in [-0.15, -0.1) is 0 Å². The lowest BCUT2D eigenvalue weighted by atomic mass is 10.0. The number of nitrogens with two attached hydrogens (primary N) is 1. The molecule has 1 atom stereocenters. The third kappa shape index (κ3) is 5.94. The van der Waals surface area contributed by atoms with Gasteiger partial charge in [0.15, 0.2) is 0 Å². The van der Waals surface area contributed by atoms with Crippen LogP contribution in [0.1, 0.15) is 37.8 Å². The molecule has 1 saturated heterocycles. The molecule has 0 bridgehead atoms. The third-order valence-corrected chi connectivity index (χ3v) is 4.16. The summed E-state index contributed by atoms with van der Waals surface area (Å²) in [5.41, 5.74) is 8.02. The van der Waals surface area contributed by atoms with Crippen molar-refractivity contribution in [3.05, 3.63) is 35.4 Å². The maximum atomic E-state index is 11.8. The van der Waals surface area contributed by atoms with E-state index in [4.69, 9.17) is 15.2 Å². The zero-order valence-electron chi connectivity index (χ0n) is 14.1. The van der Waals surface area contributed by atoms with E-state index < -0.39 is 6.04 Å². The van der Waals surface area contributed by atoms with Gasteiger partial charge in [-0.05, 0) is 29.9 Å². The highest BCUT2D eigenvalue weighted by Crippen LogP contribution is 2.14. The standard InChI is InChI=1S/C18H28N2O3/c1-13(2)17(19)18(21)20-11-14-3-5-15(6-4-14)12-23-16-7-9-22-10-8-16/h3-6,13,16-17H,7-12,19H2,1-2H3,(H,20,21)/t17-/m0/s1. The molecule has 0 saturated carbocycles. The predicted octanol–water partition coefficient (Wildman–Crippen LogP) is 1.98. The lowest BCUT2D eigenvalue weighted by molar-refractivity contribution is -0.123. The van der Waals surface area contributed by atoms with Gasteiger partial charge in [0, 0.05) is 19.8 Å². The van der Waals surface area contributed by atoms with E-state index in [-0.39, 0.29) is 11.8 Å². The summed E-state index contributed by atoms with van der Waals surface area (Å²) in [6, 6.07) is 7.67. The first kappa shape index (κ1) is 17.9. The molecule has 0 unspecified atom stereocenters. The molecule has 1 aromatic rings. The van der Waals surface area contributed by atoms with E-state index in [1.54, 1.807) is 0 Å². The van der Waals surface area contributed by atoms with Gasteiger partial charge in [-0.1, -0.05) is 38.1 Å². The van der Waals surface area contributed by atoms with Crippen LogP contribution in [0.15, 0.2) is 24.3 Å². The maximum absolute atomic E-state index is 11.8. The molecule has 1 aliphatic rings. The molecule has 128 valence electrons. The monoisotopic (exact) mass is 320 g/mol. The summed E-state index contributed by atoms with van der Waals surface area (Å²) >= 11 is 0. The summed E-state index contributed by atoms with van der Waals surface area (Å²) in [5, 5.41) is 2.87. The Morgan fingerprint density at radius 1 is 1.26 bits per heavy atom. The number of nitrogens with one attached hydrogen (secondary N) is 1. The van der Waals surface area contributed by atoms with Crippen LogP contribution in [0.25, 0.3) is 0 Å². The molecule has 1 aliphatic heterocycles. The SMILES string of the molecule is CC(C)[C@H](N)C(=O)NCc1ccc(COC2CCOCC2)cc1. The van der Waals surface area contributed by atoms with E-state index in [1.807, 2.05) is 38.1 Å². The van der Waals surface area contributed by atoms with Gasteiger partial charge in [0.05, 0.1) is 18.8 Å². The van der Waals surface area contributed by atoms with Gasteiger partial charge in [0.1, 0.15) is 0 Å². The molecule has 0 radical (unpaired) electrons. The van der Waals surface area contributed by atoms with Gasteiger partial charge in [-0.25, -0.2) is 0 Å². The molecular formula is C18H28N2O3. The number of hydrogen-bond donors (Lipinski definition) is 2. The Morgan fingerprint density at radius 3 is 2.48 bits per heavy atom. The zero-order chi connectivity index (χ0) is 16.7. The van der Waals surface area contributed by atoms with Crippen LogP contribution in [0.2, 0.25) is 0 Å². The normalized spacial score (nSPS) is 17.2. The fraction of sp³-hybridized carbons (Fsp3) is 0.611. The number of ether oxygens (including phenoxy) is 2. The van der Waals surface area contributed by atoms with Crippen LogP contribution in [0.5, 0.6) is 0 Å². The summed E-state index contributed by atoms with van der Waals surface area (Å²) in [5.74, 6) is 0.0339. The molecule has 1 fully saturated rings. The molecule has 1 heterocycles. The number of carbonyl (C=O) groups excluding carboxylic acids is 1. The Labute approximate surface area is 138 Å². The van der Waals surface area contributed by atoms with Gasteiger partial charge in [-0.3, -0.25) is 4.79 Å². The van der Waals surface area contributed by atoms with Crippen molar-refractivity contribution in [3.63, 3.8) is 0 Å². The highest BCUT2D eigenvalue weighted by Gasteiger charge is 2.16. The lowest BCUT2D eigenvalue weighted by Crippen LogP contribution is -2.43. The van der Waals surface area contributed by atoms with E-state index in [1.165, 1.54) is 0 Å². The van der Waals surface area contributed by atoms with Crippen LogP contribution in [0.4, 0.5) is 0 Å². The third-order valence-electron chi connectivity index (χ3n) is 4.16. The first-order valence-electron chi connectivity index (χ1n) is 8.36. The van der Waals surface area contributed by atoms with Gasteiger partial charge in [0.25, 0.3) is 0 Å². The van der Waals surface area contributed by atoms with Crippen molar-refractivity contribution in [3.8, 4) is 0 Å². The molecule has 2 rings (SSSR count). The van der Waals surface area contributed by atoms with Crippen molar-refractivity contribution in [1.82, 2.24) is 5.32 Å². The molecule has 3 N–H and O–H groups in total. The summed E-state index contributed by atoms with van der Waals surface area (Å²) in [4.78, 5) is 11.8. The Balaban J connectivity index is 1.74. The zero-order valence-corrected chi connectivity index (χ0v) is 14.1. The lowest BCUT2D eigenvalue weighted by Gasteiger charge is -2.22. The number of amides is 1. The fourth-order valence-electron chi connectivity index (χ4n) is 2.42. The summed E-state index contributed by atoms with van der Waals surface area (Å²) in [6.45, 7) is 6.59. The van der Waals surface area contributed by atoms with Crippen molar-refractivity contribution >= 4 is 5.91 Å². The fourth-order valence-corrected chi connectivity index (χ4v) is 2.42. The van der Waals surface area contributed by atoms with Crippen LogP contribution in [-0.2, 0) is 27.4 Å². The molecular weight excluding hydrogens is 292 g/mol. The highest BCUT2D eigenvalue weighted by atomic mass is 16.5. The van der Waals surface area contributed by atoms with Crippen molar-refractivity contribution in [1.29, 1.82) is 0 Å². The minimum absolute atomic E-state index is 0.105. The van der Waals surface area contributed by atoms with E-state index >= 15 is 0 Å². The largest absolute Gasteiger partial charge is 0.381 e. The highest BCUT2D eigenvalue weighted by molar-refractivity contribution is 5.81. The Bertz CT molecular complexity index is 482. The molecule has 1 aromatic carbocycles. The molecule has 0 spiro atoms. The van der Waals surface area contributed by atoms with Crippen LogP contribution in [-0.4, -0.2) is 31.3 Å². The molecule has 5 nitrogen and oxygen atoms in total. The minimum Gasteiger partial charge on any atom is -0.381 e. The quantitative estimate of drug-likeness (QED) is 0.806. The van der Waals surface area contributed by atoms with Gasteiger partial charge >= 0.3 is 0 Å². The molecule has 0 aliphatic carbocycles. The number of carbonyl (C=O) groups is 1. The number of hydrogen-bond acceptors (Lipinski definition) is 4. The van der Waals surface area contributed by atoms with E-state index in [9.17, 15) is 4.79 Å². The first-order chi connectivity index (χ1) is 11.1. The smallest absolute Gasteiger partial charge is 0.237 e. The van der Waals surface area contributed by atoms with Gasteiger partial charge < -0.3 is 20.5 Å². The van der Waals surface area contributed by atoms with Gasteiger partial charge in [-0.2, -0.15) is 0 Å². The van der Waals surface area contributed by atoms with E-state index in [0.717, 1.165) is 37.2 Å². The number of rotatable bonds is 7. The van der Waals surface area contributed by atoms with Gasteiger partial charge in [0.2, 0.25) is 5.91 Å². The number of benzene rings is 1. The van der Waals surface area contributed by atoms with Crippen LogP contribution >= 0.6 is 0 Å². The molecule has 23 heavy (non-hydrogen) atoms. The second kappa shape index (κ2) is 9.01. The van der Waals surface area contributed by atoms with E-state index in [2.05, 4.69) is 5.32 Å². The van der Waals surface area contributed by atoms with Crippen molar-refractivity contribution in [2.45, 2.75) is 52.0 Å². The second-order valence-corrected chi connectivity index (χ2v) is 6.43. The summed E-state index contributed by atoms with van der Waals surface area (Å²) in [6.07, 6.45) is 2.25. The molecule has 5 heteroatoms. The van der Waals surface area contributed by atoms with Crippen molar-refractivity contribution < 1.29 is 14.3 Å². The average Bonchev–Trinajstić information content (AvgIpc) is 2.59. The Morgan fingerprint density at radius 2 is 1.87 bits per heavy atom. The van der Waals surface area contributed by atoms with Crippen LogP contribution in [0, 0.1) is 5.92 Å². The second-order valence-electron chi connectivity index (χ2n) is 6.43. The van der Waals surface area contributed by atoms with Crippen LogP contribution in [0.3, 0.4) is 0 Å². The molecule has 0 aromatic heterocycles. The van der Waals surface area contributed by atoms with Crippen molar-refractivity contribution in [2.75, 3.05) is 13.2 Å². The topological polar surface area (TPSA) is 73.6 Å². The Hall–Kier alpha value is -1.43. The maximum Gasteiger partial charge on any atom is 0.237 e. The first-order valence-corrected chi connectivity index (χ1v) is 8.36. The molecule has 1 amide bonds. The minimum atomic E-state index is -0.456. The summed E-state index contributed by atoms with van der Waals surface area (Å²) < 4.78 is 11.2. The van der Waals surface area contributed by atoms with Crippen LogP contribution < -0.4 is 11.1 Å². The van der Waals surface area contributed by atoms with E-state index in [0.29, 0.717) is 19.3 Å². The van der Waals surface area contributed by atoms with Crippen molar-refractivity contribution in [2.24, 2.45) is 11.7 Å².